The van der Waals surface area contributed by atoms with Crippen LogP contribution < -0.4 is 11.0 Å². The third-order valence-electron chi connectivity index (χ3n) is 2.98. The highest BCUT2D eigenvalue weighted by Crippen LogP contribution is 2.39. The number of anilines is 1. The molecule has 5 heteroatoms. The number of pyridine rings is 1. The van der Waals surface area contributed by atoms with E-state index in [0.717, 1.165) is 21.9 Å². The topological polar surface area (TPSA) is 56.0 Å². The standard InChI is InChI=1S/C16H21N2OPSi/c1-20(2,19)16-13-7-6-12(10-11-21(3,4)5)18-15(13)9-8-14(16)17/h6-9H,17H2,1-5H3. The number of hydrogen-bond donors (Lipinski definition) is 1. The van der Waals surface area contributed by atoms with E-state index in [1.54, 1.807) is 19.4 Å². The van der Waals surface area contributed by atoms with Crippen molar-refractivity contribution in [3.05, 3.63) is 30.0 Å². The number of benzene rings is 1. The number of nitrogens with zero attached hydrogens (tertiary/aromatic N) is 1. The molecule has 1 aromatic heterocycles. The van der Waals surface area contributed by atoms with Crippen molar-refractivity contribution < 1.29 is 4.57 Å². The molecule has 0 aliphatic heterocycles. The van der Waals surface area contributed by atoms with Gasteiger partial charge in [0.05, 0.1) is 5.52 Å². The molecule has 0 aliphatic carbocycles. The molecule has 0 bridgehead atoms. The second kappa shape index (κ2) is 5.33. The molecule has 0 spiro atoms. The SMILES string of the molecule is C[Si](C)(C)C#Cc1ccc2c(P(C)(C)=O)c(N)ccc2n1. The van der Waals surface area contributed by atoms with Gasteiger partial charge in [-0.05, 0) is 37.6 Å². The van der Waals surface area contributed by atoms with E-state index in [1.807, 2.05) is 18.2 Å². The van der Waals surface area contributed by atoms with E-state index in [1.165, 1.54) is 0 Å². The smallest absolute Gasteiger partial charge is 0.129 e. The molecule has 2 rings (SSSR count). The van der Waals surface area contributed by atoms with Crippen LogP contribution in [0.15, 0.2) is 24.3 Å². The van der Waals surface area contributed by atoms with Gasteiger partial charge < -0.3 is 10.3 Å². The van der Waals surface area contributed by atoms with E-state index >= 15 is 0 Å². The fraction of sp³-hybridized carbons (Fsp3) is 0.312. The molecule has 0 saturated heterocycles. The lowest BCUT2D eigenvalue weighted by Crippen LogP contribution is -2.16. The van der Waals surface area contributed by atoms with Crippen molar-refractivity contribution in [1.29, 1.82) is 0 Å². The molecule has 21 heavy (non-hydrogen) atoms. The molecule has 1 aromatic carbocycles. The number of fused-ring (bicyclic) bond motifs is 1. The zero-order valence-corrected chi connectivity index (χ0v) is 15.1. The number of nitrogen functional groups attached to an aromatic ring is 1. The lowest BCUT2D eigenvalue weighted by atomic mass is 10.2. The van der Waals surface area contributed by atoms with Crippen molar-refractivity contribution >= 4 is 37.1 Å². The van der Waals surface area contributed by atoms with Crippen LogP contribution in [0.1, 0.15) is 5.69 Å². The Morgan fingerprint density at radius 1 is 1.14 bits per heavy atom. The minimum absolute atomic E-state index is 0.568. The summed E-state index contributed by atoms with van der Waals surface area (Å²) < 4.78 is 12.5. The summed E-state index contributed by atoms with van der Waals surface area (Å²) >= 11 is 0. The van der Waals surface area contributed by atoms with Gasteiger partial charge >= 0.3 is 0 Å². The van der Waals surface area contributed by atoms with Crippen LogP contribution in [0.2, 0.25) is 19.6 Å². The first-order valence-corrected chi connectivity index (χ1v) is 13.0. The van der Waals surface area contributed by atoms with Crippen LogP contribution in [0.3, 0.4) is 0 Å². The fourth-order valence-electron chi connectivity index (χ4n) is 2.13. The second-order valence-corrected chi connectivity index (χ2v) is 14.5. The molecule has 2 N–H and O–H groups in total. The van der Waals surface area contributed by atoms with Crippen LogP contribution in [0.4, 0.5) is 5.69 Å². The van der Waals surface area contributed by atoms with Gasteiger partial charge in [0.2, 0.25) is 0 Å². The Labute approximate surface area is 127 Å². The summed E-state index contributed by atoms with van der Waals surface area (Å²) in [6.07, 6.45) is 0. The van der Waals surface area contributed by atoms with E-state index in [0.29, 0.717) is 5.69 Å². The molecule has 0 fully saturated rings. The Kier molecular flexibility index (Phi) is 4.01. The maximum atomic E-state index is 12.5. The van der Waals surface area contributed by atoms with Gasteiger partial charge in [-0.15, -0.1) is 5.54 Å². The summed E-state index contributed by atoms with van der Waals surface area (Å²) in [6.45, 7) is 10.1. The molecule has 3 nitrogen and oxygen atoms in total. The van der Waals surface area contributed by atoms with Gasteiger partial charge in [-0.1, -0.05) is 25.6 Å². The third kappa shape index (κ3) is 3.75. The fourth-order valence-corrected chi connectivity index (χ4v) is 4.10. The molecule has 0 amide bonds. The van der Waals surface area contributed by atoms with Crippen LogP contribution in [0, 0.1) is 11.5 Å². The van der Waals surface area contributed by atoms with Gasteiger partial charge in [0, 0.05) is 16.4 Å². The Morgan fingerprint density at radius 3 is 2.38 bits per heavy atom. The highest BCUT2D eigenvalue weighted by molar-refractivity contribution is 7.71. The van der Waals surface area contributed by atoms with E-state index in [2.05, 4.69) is 36.1 Å². The molecule has 0 saturated carbocycles. The monoisotopic (exact) mass is 316 g/mol. The maximum absolute atomic E-state index is 12.5. The number of nitrogens with two attached hydrogens (primary N) is 1. The van der Waals surface area contributed by atoms with Crippen molar-refractivity contribution in [3.63, 3.8) is 0 Å². The van der Waals surface area contributed by atoms with Crippen LogP contribution in [0.5, 0.6) is 0 Å². The molecule has 0 aliphatic rings. The second-order valence-electron chi connectivity index (χ2n) is 6.62. The average Bonchev–Trinajstić information content (AvgIpc) is 2.33. The van der Waals surface area contributed by atoms with Gasteiger partial charge in [-0.3, -0.25) is 0 Å². The average molecular weight is 316 g/mol. The van der Waals surface area contributed by atoms with E-state index in [4.69, 9.17) is 5.73 Å². The Balaban J connectivity index is 2.64. The minimum Gasteiger partial charge on any atom is -0.398 e. The molecular formula is C16H21N2OPSi. The normalized spacial score (nSPS) is 12.0. The van der Waals surface area contributed by atoms with Crippen molar-refractivity contribution in [3.8, 4) is 11.5 Å². The first kappa shape index (κ1) is 15.8. The number of aromatic nitrogens is 1. The molecule has 0 atom stereocenters. The van der Waals surface area contributed by atoms with Crippen molar-refractivity contribution in [2.24, 2.45) is 0 Å². The quantitative estimate of drug-likeness (QED) is 0.380. The summed E-state index contributed by atoms with van der Waals surface area (Å²) in [7, 11) is -3.88. The molecule has 1 heterocycles. The van der Waals surface area contributed by atoms with Gasteiger partial charge in [-0.25, -0.2) is 4.98 Å². The number of hydrogen-bond acceptors (Lipinski definition) is 3. The van der Waals surface area contributed by atoms with Gasteiger partial charge in [0.15, 0.2) is 0 Å². The van der Waals surface area contributed by atoms with Crippen LogP contribution in [0.25, 0.3) is 10.9 Å². The summed E-state index contributed by atoms with van der Waals surface area (Å²) in [6, 6.07) is 7.46. The molecule has 110 valence electrons. The van der Waals surface area contributed by atoms with E-state index in [9.17, 15) is 4.57 Å². The lowest BCUT2D eigenvalue weighted by molar-refractivity contribution is 0.588. The predicted octanol–water partition coefficient (Wildman–Crippen LogP) is 3.29. The zero-order valence-electron chi connectivity index (χ0n) is 13.2. The van der Waals surface area contributed by atoms with Crippen molar-refractivity contribution in [1.82, 2.24) is 4.98 Å². The van der Waals surface area contributed by atoms with Crippen LogP contribution in [-0.4, -0.2) is 26.4 Å². The molecule has 0 unspecified atom stereocenters. The third-order valence-corrected chi connectivity index (χ3v) is 5.43. The van der Waals surface area contributed by atoms with E-state index in [-0.39, 0.29) is 0 Å². The zero-order chi connectivity index (χ0) is 15.8. The Morgan fingerprint density at radius 2 is 1.81 bits per heavy atom. The highest BCUT2D eigenvalue weighted by atomic mass is 31.2. The lowest BCUT2D eigenvalue weighted by Gasteiger charge is -2.13. The van der Waals surface area contributed by atoms with Gasteiger partial charge in [0.1, 0.15) is 20.9 Å². The maximum Gasteiger partial charge on any atom is 0.129 e. The minimum atomic E-state index is -2.45. The van der Waals surface area contributed by atoms with Crippen LogP contribution >= 0.6 is 7.14 Å². The number of rotatable bonds is 1. The largest absolute Gasteiger partial charge is 0.398 e. The molecule has 0 radical (unpaired) electrons. The van der Waals surface area contributed by atoms with Gasteiger partial charge in [0.25, 0.3) is 0 Å². The highest BCUT2D eigenvalue weighted by Gasteiger charge is 2.18. The van der Waals surface area contributed by atoms with Gasteiger partial charge in [-0.2, -0.15) is 0 Å². The Hall–Kier alpha value is -1.56. The summed E-state index contributed by atoms with van der Waals surface area (Å²) in [5.74, 6) is 3.15. The molecular weight excluding hydrogens is 295 g/mol. The van der Waals surface area contributed by atoms with Crippen LogP contribution in [-0.2, 0) is 4.57 Å². The summed E-state index contributed by atoms with van der Waals surface area (Å²) in [4.78, 5) is 4.57. The summed E-state index contributed by atoms with van der Waals surface area (Å²) in [5, 5.41) is 1.58. The first-order valence-electron chi connectivity index (χ1n) is 6.86. The van der Waals surface area contributed by atoms with Crippen molar-refractivity contribution in [2.75, 3.05) is 19.1 Å². The summed E-state index contributed by atoms with van der Waals surface area (Å²) in [5.41, 5.74) is 11.4. The van der Waals surface area contributed by atoms with Crippen molar-refractivity contribution in [2.45, 2.75) is 19.6 Å². The Bertz CT molecular complexity index is 807. The predicted molar refractivity (Wildman–Crippen MR) is 95.5 cm³/mol. The molecule has 2 aromatic rings. The van der Waals surface area contributed by atoms with E-state index < -0.39 is 15.2 Å². The first-order chi connectivity index (χ1) is 9.58.